The van der Waals surface area contributed by atoms with Crippen LogP contribution in [0, 0.1) is 4.64 Å². The molecule has 0 spiro atoms. The fourth-order valence-corrected chi connectivity index (χ4v) is 6.12. The number of nitrogens with zero attached hydrogens (tertiary/aromatic N) is 3. The molecule has 5 nitrogen and oxygen atoms in total. The Morgan fingerprint density at radius 2 is 2.03 bits per heavy atom. The molecule has 2 aromatic rings. The van der Waals surface area contributed by atoms with Crippen molar-refractivity contribution in [2.75, 3.05) is 31.6 Å². The molecule has 3 aliphatic heterocycles. The summed E-state index contributed by atoms with van der Waals surface area (Å²) in [5, 5.41) is 5.51. The van der Waals surface area contributed by atoms with Crippen molar-refractivity contribution in [3.05, 3.63) is 70.4 Å². The van der Waals surface area contributed by atoms with Gasteiger partial charge in [-0.25, -0.2) is 5.43 Å². The second-order valence-electron chi connectivity index (χ2n) is 8.42. The molecule has 2 N–H and O–H groups in total. The summed E-state index contributed by atoms with van der Waals surface area (Å²) in [6, 6.07) is 5.04. The molecule has 6 heteroatoms. The quantitative estimate of drug-likeness (QED) is 0.595. The summed E-state index contributed by atoms with van der Waals surface area (Å²) < 4.78 is 3.91. The van der Waals surface area contributed by atoms with Crippen molar-refractivity contribution in [2.45, 2.75) is 24.8 Å². The number of allylic oxidation sites excluding steroid dienone is 2. The molecule has 2 aromatic heterocycles. The van der Waals surface area contributed by atoms with Crippen molar-refractivity contribution in [2.24, 2.45) is 0 Å². The van der Waals surface area contributed by atoms with Crippen LogP contribution >= 0.6 is 10.5 Å². The van der Waals surface area contributed by atoms with Crippen LogP contribution in [0.5, 0.6) is 0 Å². The molecule has 1 unspecified atom stereocenters. The number of fused-ring (bicyclic) bond motifs is 2. The standard InChI is InChI=1S/C23H27N5S/c1-27-14-19-10-17(2-3-21(19)26-27)18-11-20-13-25-22(16-4-6-24-7-5-16)15-28(20)23(12-18)29-8-9-29/h2-3,10-16,21,24,26H,4-9H2,1H3. The second-order valence-corrected chi connectivity index (χ2v) is 10.6. The summed E-state index contributed by atoms with van der Waals surface area (Å²) in [4.78, 5) is 4.89. The van der Waals surface area contributed by atoms with Crippen molar-refractivity contribution in [1.82, 2.24) is 25.1 Å². The summed E-state index contributed by atoms with van der Waals surface area (Å²) in [5.74, 6) is 3.24. The minimum absolute atomic E-state index is 0.303. The van der Waals surface area contributed by atoms with Crippen molar-refractivity contribution in [1.29, 1.82) is 0 Å². The Kier molecular flexibility index (Phi) is 4.25. The van der Waals surface area contributed by atoms with E-state index in [9.17, 15) is 0 Å². The van der Waals surface area contributed by atoms with Gasteiger partial charge in [0.2, 0.25) is 0 Å². The number of nitrogens with one attached hydrogen (secondary N) is 2. The molecule has 0 aromatic carbocycles. The van der Waals surface area contributed by atoms with Gasteiger partial charge in [-0.05, 0) is 72.4 Å². The van der Waals surface area contributed by atoms with E-state index in [2.05, 4.69) is 71.1 Å². The van der Waals surface area contributed by atoms with E-state index in [1.807, 2.05) is 5.01 Å². The van der Waals surface area contributed by atoms with Crippen LogP contribution in [0.15, 0.2) is 54.5 Å². The lowest BCUT2D eigenvalue weighted by molar-refractivity contribution is 0.349. The molecule has 0 radical (unpaired) electrons. The van der Waals surface area contributed by atoms with Gasteiger partial charge in [0.25, 0.3) is 0 Å². The van der Waals surface area contributed by atoms with E-state index < -0.39 is 0 Å². The van der Waals surface area contributed by atoms with Crippen LogP contribution in [0.1, 0.15) is 30.0 Å². The number of aromatic nitrogens is 2. The van der Waals surface area contributed by atoms with E-state index in [0.717, 1.165) is 13.1 Å². The molecular weight excluding hydrogens is 378 g/mol. The first kappa shape index (κ1) is 17.7. The fraction of sp³-hybridized carbons (Fsp3) is 0.391. The zero-order chi connectivity index (χ0) is 19.4. The van der Waals surface area contributed by atoms with Crippen LogP contribution in [0.25, 0.3) is 11.1 Å². The van der Waals surface area contributed by atoms with Gasteiger partial charge in [-0.15, -0.1) is 0 Å². The van der Waals surface area contributed by atoms with Crippen molar-refractivity contribution in [3.8, 4) is 0 Å². The number of rotatable bonds is 2. The van der Waals surface area contributed by atoms with E-state index in [0.29, 0.717) is 22.4 Å². The maximum atomic E-state index is 4.89. The predicted octanol–water partition coefficient (Wildman–Crippen LogP) is 3.27. The molecule has 1 atom stereocenters. The van der Waals surface area contributed by atoms with Gasteiger partial charge in [-0.2, -0.15) is 10.5 Å². The molecule has 2 fully saturated rings. The lowest BCUT2D eigenvalue weighted by atomic mass is 9.94. The van der Waals surface area contributed by atoms with Gasteiger partial charge in [0.15, 0.2) is 0 Å². The zero-order valence-corrected chi connectivity index (χ0v) is 17.6. The molecule has 4 aliphatic rings. The number of hydrazine groups is 1. The predicted molar refractivity (Wildman–Crippen MR) is 120 cm³/mol. The monoisotopic (exact) mass is 405 g/mol. The van der Waals surface area contributed by atoms with E-state index in [-0.39, 0.29) is 0 Å². The Labute approximate surface area is 173 Å². The number of hydrogen-bond donors (Lipinski definition) is 2. The first-order chi connectivity index (χ1) is 14.2. The average Bonchev–Trinajstić information content (AvgIpc) is 3.53. The molecule has 5 heterocycles. The van der Waals surface area contributed by atoms with Crippen molar-refractivity contribution >= 4 is 21.6 Å². The lowest BCUT2D eigenvalue weighted by Gasteiger charge is -2.22. The third kappa shape index (κ3) is 3.29. The Morgan fingerprint density at radius 1 is 1.17 bits per heavy atom. The van der Waals surface area contributed by atoms with E-state index in [4.69, 9.17) is 4.98 Å². The highest BCUT2D eigenvalue weighted by Crippen LogP contribution is 2.35. The van der Waals surface area contributed by atoms with Gasteiger partial charge in [0.05, 0.1) is 28.1 Å². The Morgan fingerprint density at radius 3 is 2.86 bits per heavy atom. The first-order valence-electron chi connectivity index (χ1n) is 10.6. The van der Waals surface area contributed by atoms with E-state index in [1.54, 1.807) is 0 Å². The molecule has 1 aliphatic carbocycles. The van der Waals surface area contributed by atoms with Gasteiger partial charge in [-0.3, -0.25) is 4.98 Å². The van der Waals surface area contributed by atoms with Crippen LogP contribution in [0.3, 0.4) is 0 Å². The van der Waals surface area contributed by atoms with Crippen molar-refractivity contribution < 1.29 is 0 Å². The summed E-state index contributed by atoms with van der Waals surface area (Å²) in [6.45, 7) is 2.21. The minimum Gasteiger partial charge on any atom is -0.318 e. The highest BCUT2D eigenvalue weighted by atomic mass is 32.2. The maximum Gasteiger partial charge on any atom is 0.0710 e. The minimum atomic E-state index is 0.303. The summed E-state index contributed by atoms with van der Waals surface area (Å²) in [5.41, 5.74) is 9.82. The summed E-state index contributed by atoms with van der Waals surface area (Å²) >= 11 is 0. The average molecular weight is 406 g/mol. The van der Waals surface area contributed by atoms with Crippen LogP contribution in [-0.2, 0) is 0 Å². The summed E-state index contributed by atoms with van der Waals surface area (Å²) in [7, 11) is 2.45. The zero-order valence-electron chi connectivity index (χ0n) is 16.8. The van der Waals surface area contributed by atoms with Crippen LogP contribution in [0.4, 0.5) is 0 Å². The van der Waals surface area contributed by atoms with Gasteiger partial charge in [0.1, 0.15) is 0 Å². The molecule has 0 saturated carbocycles. The topological polar surface area (TPSA) is 44.6 Å². The van der Waals surface area contributed by atoms with Gasteiger partial charge >= 0.3 is 0 Å². The molecule has 6 rings (SSSR count). The highest BCUT2D eigenvalue weighted by Gasteiger charge is 2.22. The summed E-state index contributed by atoms with van der Waals surface area (Å²) in [6.07, 6.45) is 15.8. The van der Waals surface area contributed by atoms with E-state index >= 15 is 0 Å². The Bertz CT molecular complexity index is 1140. The molecular formula is C23H27N5S. The Balaban J connectivity index is 1.46. The molecule has 0 bridgehead atoms. The second kappa shape index (κ2) is 6.97. The normalized spacial score (nSPS) is 24.6. The van der Waals surface area contributed by atoms with Crippen LogP contribution < -0.4 is 10.7 Å². The van der Waals surface area contributed by atoms with Crippen LogP contribution in [0.2, 0.25) is 0 Å². The number of pyridine rings is 1. The fourth-order valence-electron chi connectivity index (χ4n) is 4.64. The molecule has 2 saturated heterocycles. The highest BCUT2D eigenvalue weighted by molar-refractivity contribution is 8.15. The van der Waals surface area contributed by atoms with Gasteiger partial charge < -0.3 is 14.7 Å². The Hall–Kier alpha value is -2.15. The maximum absolute atomic E-state index is 4.89. The van der Waals surface area contributed by atoms with Gasteiger partial charge in [-0.1, -0.05) is 12.2 Å². The van der Waals surface area contributed by atoms with E-state index in [1.165, 1.54) is 56.9 Å². The first-order valence-corrected chi connectivity index (χ1v) is 12.2. The van der Waals surface area contributed by atoms with Crippen molar-refractivity contribution in [3.63, 3.8) is 0 Å². The molecule has 29 heavy (non-hydrogen) atoms. The smallest absolute Gasteiger partial charge is 0.0710 e. The van der Waals surface area contributed by atoms with Crippen LogP contribution in [-0.4, -0.2) is 52.1 Å². The third-order valence-electron chi connectivity index (χ3n) is 6.33. The molecule has 150 valence electrons. The lowest BCUT2D eigenvalue weighted by Crippen LogP contribution is -2.32. The van der Waals surface area contributed by atoms with Gasteiger partial charge in [0, 0.05) is 25.4 Å². The molecule has 0 amide bonds. The number of hydrogen-bond acceptors (Lipinski definition) is 4. The SMILES string of the molecule is CN1C=C2C=C(c3cc(=S4CC4)n4cc(C5CCNCC5)ncc4c3)C=CC2N1. The third-order valence-corrected chi connectivity index (χ3v) is 8.06. The largest absolute Gasteiger partial charge is 0.318 e. The number of piperidine rings is 1.